The number of carbonyl (C=O) groups is 1. The summed E-state index contributed by atoms with van der Waals surface area (Å²) in [5.74, 6) is 0.0533. The van der Waals surface area contributed by atoms with Gasteiger partial charge in [-0.2, -0.15) is 0 Å². The van der Waals surface area contributed by atoms with Gasteiger partial charge in [-0.05, 0) is 31.2 Å². The number of aryl methyl sites for hydroxylation is 1. The third kappa shape index (κ3) is 4.48. The fourth-order valence-corrected chi connectivity index (χ4v) is 3.04. The van der Waals surface area contributed by atoms with Gasteiger partial charge < -0.3 is 10.1 Å². The van der Waals surface area contributed by atoms with Crippen molar-refractivity contribution in [3.05, 3.63) is 54.1 Å². The minimum atomic E-state index is -3.59. The van der Waals surface area contributed by atoms with Crippen LogP contribution >= 0.6 is 0 Å². The highest BCUT2D eigenvalue weighted by Crippen LogP contribution is 2.23. The molecule has 7 heteroatoms. The van der Waals surface area contributed by atoms with E-state index in [4.69, 9.17) is 4.74 Å². The van der Waals surface area contributed by atoms with Crippen molar-refractivity contribution in [2.24, 2.45) is 0 Å². The Hall–Kier alpha value is -2.54. The molecule has 0 heterocycles. The van der Waals surface area contributed by atoms with Gasteiger partial charge in [0.2, 0.25) is 15.9 Å². The van der Waals surface area contributed by atoms with Crippen molar-refractivity contribution in [1.82, 2.24) is 0 Å². The average molecular weight is 348 g/mol. The number of hydrogen-bond acceptors (Lipinski definition) is 4. The zero-order valence-corrected chi connectivity index (χ0v) is 14.6. The Bertz CT molecular complexity index is 817. The van der Waals surface area contributed by atoms with E-state index in [0.717, 1.165) is 16.1 Å². The highest BCUT2D eigenvalue weighted by atomic mass is 32.2. The predicted molar refractivity (Wildman–Crippen MR) is 95.0 cm³/mol. The van der Waals surface area contributed by atoms with Crippen LogP contribution in [0.4, 0.5) is 11.4 Å². The van der Waals surface area contributed by atoms with Crippen LogP contribution in [0, 0.1) is 6.92 Å². The fraction of sp³-hybridized carbons (Fsp3) is 0.235. The van der Waals surface area contributed by atoms with E-state index in [2.05, 4.69) is 5.32 Å². The summed E-state index contributed by atoms with van der Waals surface area (Å²) < 4.78 is 30.3. The number of anilines is 2. The van der Waals surface area contributed by atoms with E-state index in [1.807, 2.05) is 6.92 Å². The number of nitrogens with one attached hydrogen (secondary N) is 1. The third-order valence-corrected chi connectivity index (χ3v) is 4.53. The number of methoxy groups -OCH3 is 1. The molecule has 0 unspecified atom stereocenters. The van der Waals surface area contributed by atoms with Gasteiger partial charge in [-0.1, -0.05) is 29.8 Å². The molecule has 0 aromatic heterocycles. The van der Waals surface area contributed by atoms with Crippen LogP contribution in [0.2, 0.25) is 0 Å². The minimum absolute atomic E-state index is 0.320. The number of ether oxygens (including phenoxy) is 1. The van der Waals surface area contributed by atoms with Gasteiger partial charge in [-0.25, -0.2) is 8.42 Å². The number of benzene rings is 2. The molecule has 0 aliphatic rings. The topological polar surface area (TPSA) is 75.7 Å². The lowest BCUT2D eigenvalue weighted by molar-refractivity contribution is -0.114. The molecule has 1 amide bonds. The summed E-state index contributed by atoms with van der Waals surface area (Å²) in [5.41, 5.74) is 1.94. The van der Waals surface area contributed by atoms with Gasteiger partial charge in [0.25, 0.3) is 0 Å². The zero-order valence-electron chi connectivity index (χ0n) is 13.8. The van der Waals surface area contributed by atoms with E-state index in [-0.39, 0.29) is 6.54 Å². The molecule has 128 valence electrons. The van der Waals surface area contributed by atoms with Crippen LogP contribution in [0.1, 0.15) is 5.56 Å². The van der Waals surface area contributed by atoms with Crippen molar-refractivity contribution in [2.75, 3.05) is 29.5 Å². The Morgan fingerprint density at radius 2 is 1.75 bits per heavy atom. The number of nitrogens with zero attached hydrogens (tertiary/aromatic N) is 1. The number of hydrogen-bond donors (Lipinski definition) is 1. The van der Waals surface area contributed by atoms with E-state index >= 15 is 0 Å². The van der Waals surface area contributed by atoms with Crippen molar-refractivity contribution in [3.8, 4) is 5.75 Å². The molecule has 2 aromatic rings. The molecule has 2 rings (SSSR count). The molecule has 24 heavy (non-hydrogen) atoms. The first kappa shape index (κ1) is 17.8. The van der Waals surface area contributed by atoms with Crippen LogP contribution < -0.4 is 14.4 Å². The Balaban J connectivity index is 2.21. The maximum Gasteiger partial charge on any atom is 0.245 e. The number of para-hydroxylation sites is 2. The maximum atomic E-state index is 12.3. The standard InChI is InChI=1S/C17H20N2O4S/c1-13-8-10-14(11-9-13)19(24(3,21)22)12-17(20)18-15-6-4-5-7-16(15)23-2/h4-11H,12H2,1-3H3,(H,18,20). The summed E-state index contributed by atoms with van der Waals surface area (Å²) in [4.78, 5) is 12.3. The van der Waals surface area contributed by atoms with Crippen molar-refractivity contribution >= 4 is 27.3 Å². The Labute approximate surface area is 142 Å². The van der Waals surface area contributed by atoms with Crippen molar-refractivity contribution in [2.45, 2.75) is 6.92 Å². The lowest BCUT2D eigenvalue weighted by atomic mass is 10.2. The molecule has 0 bridgehead atoms. The first-order valence-electron chi connectivity index (χ1n) is 7.28. The molecule has 1 N–H and O–H groups in total. The molecule has 0 saturated heterocycles. The SMILES string of the molecule is COc1ccccc1NC(=O)CN(c1ccc(C)cc1)S(C)(=O)=O. The van der Waals surface area contributed by atoms with Gasteiger partial charge in [0.15, 0.2) is 0 Å². The molecule has 0 atom stereocenters. The van der Waals surface area contributed by atoms with Crippen molar-refractivity contribution in [3.63, 3.8) is 0 Å². The van der Waals surface area contributed by atoms with Gasteiger partial charge in [0, 0.05) is 0 Å². The van der Waals surface area contributed by atoms with E-state index in [0.29, 0.717) is 17.1 Å². The van der Waals surface area contributed by atoms with E-state index in [1.54, 1.807) is 48.5 Å². The van der Waals surface area contributed by atoms with Crippen molar-refractivity contribution < 1.29 is 17.9 Å². The highest BCUT2D eigenvalue weighted by Gasteiger charge is 2.21. The molecule has 0 spiro atoms. The van der Waals surface area contributed by atoms with Crippen LogP contribution in [-0.2, 0) is 14.8 Å². The lowest BCUT2D eigenvalue weighted by Crippen LogP contribution is -2.37. The monoisotopic (exact) mass is 348 g/mol. The summed E-state index contributed by atoms with van der Waals surface area (Å²) in [6.07, 6.45) is 1.07. The Morgan fingerprint density at radius 1 is 1.12 bits per heavy atom. The minimum Gasteiger partial charge on any atom is -0.495 e. The molecule has 0 fully saturated rings. The van der Waals surface area contributed by atoms with Gasteiger partial charge in [0.05, 0.1) is 24.7 Å². The maximum absolute atomic E-state index is 12.3. The molecule has 2 aromatic carbocycles. The molecular formula is C17H20N2O4S. The van der Waals surface area contributed by atoms with Gasteiger partial charge in [0.1, 0.15) is 12.3 Å². The smallest absolute Gasteiger partial charge is 0.245 e. The highest BCUT2D eigenvalue weighted by molar-refractivity contribution is 7.92. The second kappa shape index (κ2) is 7.35. The first-order chi connectivity index (χ1) is 11.3. The van der Waals surface area contributed by atoms with Crippen LogP contribution in [0.5, 0.6) is 5.75 Å². The van der Waals surface area contributed by atoms with Gasteiger partial charge in [-0.15, -0.1) is 0 Å². The summed E-state index contributed by atoms with van der Waals surface area (Å²) in [5, 5.41) is 2.68. The van der Waals surface area contributed by atoms with Crippen LogP contribution in [-0.4, -0.2) is 34.2 Å². The largest absolute Gasteiger partial charge is 0.495 e. The molecule has 0 radical (unpaired) electrons. The Morgan fingerprint density at radius 3 is 2.33 bits per heavy atom. The number of sulfonamides is 1. The molecular weight excluding hydrogens is 328 g/mol. The van der Waals surface area contributed by atoms with E-state index in [9.17, 15) is 13.2 Å². The lowest BCUT2D eigenvalue weighted by Gasteiger charge is -2.22. The van der Waals surface area contributed by atoms with Gasteiger partial charge in [-0.3, -0.25) is 9.10 Å². The summed E-state index contributed by atoms with van der Waals surface area (Å²) in [7, 11) is -2.09. The molecule has 6 nitrogen and oxygen atoms in total. The second-order valence-electron chi connectivity index (χ2n) is 5.35. The fourth-order valence-electron chi connectivity index (χ4n) is 2.18. The number of amides is 1. The van der Waals surface area contributed by atoms with Gasteiger partial charge >= 0.3 is 0 Å². The summed E-state index contributed by atoms with van der Waals surface area (Å²) in [6, 6.07) is 13.9. The van der Waals surface area contributed by atoms with E-state index in [1.165, 1.54) is 7.11 Å². The Kier molecular flexibility index (Phi) is 5.46. The second-order valence-corrected chi connectivity index (χ2v) is 7.26. The zero-order chi connectivity index (χ0) is 17.7. The molecule has 0 aliphatic carbocycles. The summed E-state index contributed by atoms with van der Waals surface area (Å²) in [6.45, 7) is 1.59. The third-order valence-electron chi connectivity index (χ3n) is 3.39. The van der Waals surface area contributed by atoms with Crippen LogP contribution in [0.25, 0.3) is 0 Å². The van der Waals surface area contributed by atoms with Crippen LogP contribution in [0.3, 0.4) is 0 Å². The normalized spacial score (nSPS) is 11.0. The number of carbonyl (C=O) groups excluding carboxylic acids is 1. The van der Waals surface area contributed by atoms with E-state index < -0.39 is 15.9 Å². The quantitative estimate of drug-likeness (QED) is 0.870. The number of rotatable bonds is 6. The average Bonchev–Trinajstić information content (AvgIpc) is 2.53. The molecule has 0 saturated carbocycles. The first-order valence-corrected chi connectivity index (χ1v) is 9.13. The van der Waals surface area contributed by atoms with Crippen molar-refractivity contribution in [1.29, 1.82) is 0 Å². The van der Waals surface area contributed by atoms with Crippen LogP contribution in [0.15, 0.2) is 48.5 Å². The summed E-state index contributed by atoms with van der Waals surface area (Å²) >= 11 is 0. The molecule has 0 aliphatic heterocycles. The predicted octanol–water partition coefficient (Wildman–Crippen LogP) is 2.41.